The highest BCUT2D eigenvalue weighted by molar-refractivity contribution is 6.08. The molecule has 124 valence electrons. The van der Waals surface area contributed by atoms with Crippen molar-refractivity contribution in [2.45, 2.75) is 19.8 Å². The van der Waals surface area contributed by atoms with E-state index < -0.39 is 0 Å². The Kier molecular flexibility index (Phi) is 3.77. The van der Waals surface area contributed by atoms with E-state index in [1.807, 2.05) is 42.5 Å². The molecule has 0 aliphatic carbocycles. The lowest BCUT2D eigenvalue weighted by Crippen LogP contribution is -2.10. The number of fused-ring (bicyclic) bond motifs is 2. The minimum absolute atomic E-state index is 0.151. The maximum absolute atomic E-state index is 12.5. The van der Waals surface area contributed by atoms with Crippen molar-refractivity contribution in [1.29, 1.82) is 0 Å². The molecule has 0 atom stereocenters. The molecule has 4 rings (SSSR count). The van der Waals surface area contributed by atoms with Gasteiger partial charge < -0.3 is 10.1 Å². The van der Waals surface area contributed by atoms with E-state index in [1.54, 1.807) is 0 Å². The Balaban J connectivity index is 1.79. The minimum Gasteiger partial charge on any atom is -0.454 e. The summed E-state index contributed by atoms with van der Waals surface area (Å²) in [6.07, 6.45) is 0. The molecule has 25 heavy (non-hydrogen) atoms. The molecule has 3 nitrogen and oxygen atoms in total. The molecule has 0 saturated heterocycles. The van der Waals surface area contributed by atoms with Crippen LogP contribution >= 0.6 is 0 Å². The van der Waals surface area contributed by atoms with Crippen molar-refractivity contribution < 1.29 is 9.53 Å². The van der Waals surface area contributed by atoms with Gasteiger partial charge in [-0.2, -0.15) is 0 Å². The maximum Gasteiger partial charge on any atom is 0.259 e. The van der Waals surface area contributed by atoms with Crippen molar-refractivity contribution in [3.8, 4) is 22.6 Å². The third kappa shape index (κ3) is 2.89. The van der Waals surface area contributed by atoms with Crippen LogP contribution in [0.2, 0.25) is 0 Å². The van der Waals surface area contributed by atoms with E-state index in [1.165, 1.54) is 5.56 Å². The van der Waals surface area contributed by atoms with Crippen molar-refractivity contribution in [2.75, 3.05) is 5.32 Å². The highest BCUT2D eigenvalue weighted by atomic mass is 16.5. The van der Waals surface area contributed by atoms with Crippen LogP contribution in [0.15, 0.2) is 66.7 Å². The van der Waals surface area contributed by atoms with Crippen LogP contribution in [-0.4, -0.2) is 5.91 Å². The number of rotatable bonds is 2. The van der Waals surface area contributed by atoms with Gasteiger partial charge in [0.05, 0.1) is 11.3 Å². The number of anilines is 1. The van der Waals surface area contributed by atoms with Crippen LogP contribution in [0.3, 0.4) is 0 Å². The van der Waals surface area contributed by atoms with Gasteiger partial charge in [-0.15, -0.1) is 0 Å². The zero-order chi connectivity index (χ0) is 17.4. The summed E-state index contributed by atoms with van der Waals surface area (Å²) in [5, 5.41) is 2.90. The fraction of sp³-hybridized carbons (Fsp3) is 0.136. The van der Waals surface area contributed by atoms with Gasteiger partial charge in [0.1, 0.15) is 5.75 Å². The fourth-order valence-corrected chi connectivity index (χ4v) is 3.02. The second-order valence-electron chi connectivity index (χ2n) is 6.54. The molecule has 3 aromatic rings. The molecule has 3 heteroatoms. The largest absolute Gasteiger partial charge is 0.454 e. The van der Waals surface area contributed by atoms with Crippen molar-refractivity contribution in [3.63, 3.8) is 0 Å². The number of nitrogens with one attached hydrogen (secondary N) is 1. The minimum atomic E-state index is -0.151. The summed E-state index contributed by atoms with van der Waals surface area (Å²) in [5.74, 6) is 1.55. The molecule has 0 bridgehead atoms. The van der Waals surface area contributed by atoms with E-state index in [9.17, 15) is 4.79 Å². The highest BCUT2D eigenvalue weighted by Crippen LogP contribution is 2.37. The lowest BCUT2D eigenvalue weighted by atomic mass is 9.96. The predicted octanol–water partition coefficient (Wildman–Crippen LogP) is 5.84. The molecule has 0 saturated carbocycles. The quantitative estimate of drug-likeness (QED) is 0.642. The van der Waals surface area contributed by atoms with E-state index in [0.717, 1.165) is 11.1 Å². The Morgan fingerprint density at radius 2 is 1.64 bits per heavy atom. The lowest BCUT2D eigenvalue weighted by molar-refractivity contribution is 0.102. The van der Waals surface area contributed by atoms with Crippen molar-refractivity contribution in [2.24, 2.45) is 0 Å². The first kappa shape index (κ1) is 15.5. The number of benzene rings is 3. The van der Waals surface area contributed by atoms with Gasteiger partial charge in [-0.05, 0) is 46.9 Å². The van der Waals surface area contributed by atoms with Crippen molar-refractivity contribution in [1.82, 2.24) is 0 Å². The Bertz CT molecular complexity index is 960. The third-order valence-electron chi connectivity index (χ3n) is 4.47. The number of hydrogen-bond acceptors (Lipinski definition) is 2. The topological polar surface area (TPSA) is 38.3 Å². The van der Waals surface area contributed by atoms with Crippen LogP contribution in [-0.2, 0) is 0 Å². The molecule has 0 unspecified atom stereocenters. The van der Waals surface area contributed by atoms with Gasteiger partial charge in [0.15, 0.2) is 5.75 Å². The molecule has 1 N–H and O–H groups in total. The van der Waals surface area contributed by atoms with Gasteiger partial charge in [0.25, 0.3) is 5.91 Å². The SMILES string of the molecule is CC(C)c1cccc(-c2ccc3c(c2)Oc2ccccc2NC3=O)c1. The monoisotopic (exact) mass is 329 g/mol. The summed E-state index contributed by atoms with van der Waals surface area (Å²) >= 11 is 0. The second-order valence-corrected chi connectivity index (χ2v) is 6.54. The van der Waals surface area contributed by atoms with Crippen LogP contribution < -0.4 is 10.1 Å². The molecule has 0 fully saturated rings. The smallest absolute Gasteiger partial charge is 0.259 e. The molecule has 0 radical (unpaired) electrons. The van der Waals surface area contributed by atoms with Gasteiger partial charge in [-0.25, -0.2) is 0 Å². The van der Waals surface area contributed by atoms with E-state index >= 15 is 0 Å². The van der Waals surface area contributed by atoms with Gasteiger partial charge >= 0.3 is 0 Å². The standard InChI is InChI=1S/C22H19NO2/c1-14(2)15-6-5-7-16(12-15)17-10-11-18-21(13-17)25-20-9-4-3-8-19(20)23-22(18)24/h3-14H,1-2H3,(H,23,24). The second kappa shape index (κ2) is 6.10. The molecule has 1 amide bonds. The summed E-state index contributed by atoms with van der Waals surface area (Å²) in [5.41, 5.74) is 4.67. The predicted molar refractivity (Wildman–Crippen MR) is 100 cm³/mol. The van der Waals surface area contributed by atoms with Crippen LogP contribution in [0.25, 0.3) is 11.1 Å². The number of para-hydroxylation sites is 2. The molecular formula is C22H19NO2. The van der Waals surface area contributed by atoms with Crippen molar-refractivity contribution in [3.05, 3.63) is 77.9 Å². The van der Waals surface area contributed by atoms with E-state index in [-0.39, 0.29) is 5.91 Å². The van der Waals surface area contributed by atoms with Gasteiger partial charge in [0.2, 0.25) is 0 Å². The number of hydrogen-bond donors (Lipinski definition) is 1. The lowest BCUT2D eigenvalue weighted by Gasteiger charge is -2.11. The number of ether oxygens (including phenoxy) is 1. The first-order valence-electron chi connectivity index (χ1n) is 8.44. The van der Waals surface area contributed by atoms with E-state index in [2.05, 4.69) is 43.4 Å². The number of amides is 1. The molecule has 1 heterocycles. The first-order valence-corrected chi connectivity index (χ1v) is 8.44. The Morgan fingerprint density at radius 1 is 0.840 bits per heavy atom. The molecule has 1 aliphatic rings. The number of carbonyl (C=O) groups is 1. The normalized spacial score (nSPS) is 12.7. The zero-order valence-electron chi connectivity index (χ0n) is 14.2. The van der Waals surface area contributed by atoms with Crippen LogP contribution in [0, 0.1) is 0 Å². The summed E-state index contributed by atoms with van der Waals surface area (Å²) in [7, 11) is 0. The van der Waals surface area contributed by atoms with Crippen LogP contribution in [0.4, 0.5) is 5.69 Å². The Morgan fingerprint density at radius 3 is 2.48 bits per heavy atom. The molecular weight excluding hydrogens is 310 g/mol. The average Bonchev–Trinajstić information content (AvgIpc) is 2.77. The van der Waals surface area contributed by atoms with Gasteiger partial charge in [-0.3, -0.25) is 4.79 Å². The molecule has 0 aromatic heterocycles. The van der Waals surface area contributed by atoms with Crippen LogP contribution in [0.1, 0.15) is 35.7 Å². The van der Waals surface area contributed by atoms with Crippen molar-refractivity contribution >= 4 is 11.6 Å². The van der Waals surface area contributed by atoms with Gasteiger partial charge in [-0.1, -0.05) is 56.3 Å². The van der Waals surface area contributed by atoms with Crippen LogP contribution in [0.5, 0.6) is 11.5 Å². The summed E-state index contributed by atoms with van der Waals surface area (Å²) in [6.45, 7) is 4.36. The first-order chi connectivity index (χ1) is 12.1. The molecule has 1 aliphatic heterocycles. The molecule has 3 aromatic carbocycles. The summed E-state index contributed by atoms with van der Waals surface area (Å²) < 4.78 is 6.03. The Hall–Kier alpha value is -3.07. The highest BCUT2D eigenvalue weighted by Gasteiger charge is 2.21. The van der Waals surface area contributed by atoms with E-state index in [0.29, 0.717) is 28.7 Å². The summed E-state index contributed by atoms with van der Waals surface area (Å²) in [4.78, 5) is 12.5. The maximum atomic E-state index is 12.5. The Labute approximate surface area is 147 Å². The fourth-order valence-electron chi connectivity index (χ4n) is 3.02. The zero-order valence-corrected chi connectivity index (χ0v) is 14.2. The third-order valence-corrected chi connectivity index (χ3v) is 4.47. The van der Waals surface area contributed by atoms with Gasteiger partial charge in [0, 0.05) is 0 Å². The number of carbonyl (C=O) groups excluding carboxylic acids is 1. The summed E-state index contributed by atoms with van der Waals surface area (Å²) in [6, 6.07) is 21.7. The molecule has 0 spiro atoms. The van der Waals surface area contributed by atoms with E-state index in [4.69, 9.17) is 4.74 Å². The average molecular weight is 329 g/mol.